The normalized spacial score (nSPS) is 18.9. The molecule has 2 unspecified atom stereocenters. The van der Waals surface area contributed by atoms with Gasteiger partial charge in [0.05, 0.1) is 31.8 Å². The van der Waals surface area contributed by atoms with Crippen LogP contribution in [0.3, 0.4) is 0 Å². The van der Waals surface area contributed by atoms with Gasteiger partial charge in [0.25, 0.3) is 0 Å². The Morgan fingerprint density at radius 3 is 2.54 bits per heavy atom. The van der Waals surface area contributed by atoms with Gasteiger partial charge in [-0.05, 0) is 55.5 Å². The first-order chi connectivity index (χ1) is 22.2. The van der Waals surface area contributed by atoms with Crippen LogP contribution >= 0.6 is 0 Å². The summed E-state index contributed by atoms with van der Waals surface area (Å²) < 4.78 is 11.2. The van der Waals surface area contributed by atoms with Crippen LogP contribution in [0.2, 0.25) is 0 Å². The van der Waals surface area contributed by atoms with Gasteiger partial charge >= 0.3 is 0 Å². The summed E-state index contributed by atoms with van der Waals surface area (Å²) in [5.41, 5.74) is 4.03. The number of para-hydroxylation sites is 1. The van der Waals surface area contributed by atoms with Crippen molar-refractivity contribution < 1.29 is 29.0 Å². The average Bonchev–Trinajstić information content (AvgIpc) is 3.07. The Morgan fingerprint density at radius 1 is 1.07 bits per heavy atom. The Labute approximate surface area is 270 Å². The average molecular weight is 632 g/mol. The van der Waals surface area contributed by atoms with Gasteiger partial charge in [0.1, 0.15) is 17.6 Å². The maximum absolute atomic E-state index is 13.8. The maximum atomic E-state index is 13.8. The summed E-state index contributed by atoms with van der Waals surface area (Å²) in [5.74, 6) is -0.114. The third-order valence-corrected chi connectivity index (χ3v) is 8.17. The molecule has 2 aromatic rings. The summed E-state index contributed by atoms with van der Waals surface area (Å²) in [7, 11) is 1.48. The van der Waals surface area contributed by atoms with Crippen LogP contribution in [0.1, 0.15) is 75.6 Å². The summed E-state index contributed by atoms with van der Waals surface area (Å²) in [6.45, 7) is 7.57. The predicted molar refractivity (Wildman–Crippen MR) is 175 cm³/mol. The molecular weight excluding hydrogens is 586 g/mol. The fourth-order valence-corrected chi connectivity index (χ4v) is 5.70. The van der Waals surface area contributed by atoms with Crippen molar-refractivity contribution in [3.05, 3.63) is 88.4 Å². The molecule has 0 saturated heterocycles. The van der Waals surface area contributed by atoms with E-state index in [0.29, 0.717) is 25.3 Å². The highest BCUT2D eigenvalue weighted by Crippen LogP contribution is 2.31. The third kappa shape index (κ3) is 8.81. The van der Waals surface area contributed by atoms with E-state index in [9.17, 15) is 19.5 Å². The standard InChI is InChI=1S/C35H45N5O6/c1-5-18-40-24(2)28-13-8-6-12-27(28)23-39(30-14-9-7-11-26(30)22-37-38-40)35(44)16-17-36-34(43)15-10-19-46-33-21-31(42)29(25(3)41)20-32(33)45-4/h6-9,11-14,20,24,33,42H,5,10,15-19,21-23H2,1-4H3,(H,36,43)/b38-37-. The van der Waals surface area contributed by atoms with Crippen LogP contribution in [-0.2, 0) is 36.9 Å². The molecule has 2 aliphatic rings. The monoisotopic (exact) mass is 631 g/mol. The molecule has 11 heteroatoms. The lowest BCUT2D eigenvalue weighted by atomic mass is 9.98. The van der Waals surface area contributed by atoms with Gasteiger partial charge < -0.3 is 24.8 Å². The number of ether oxygens (including phenoxy) is 2. The molecule has 2 amide bonds. The highest BCUT2D eigenvalue weighted by Gasteiger charge is 2.27. The largest absolute Gasteiger partial charge is 0.511 e. The van der Waals surface area contributed by atoms with Crippen molar-refractivity contribution in [3.8, 4) is 0 Å². The van der Waals surface area contributed by atoms with Crippen molar-refractivity contribution in [2.24, 2.45) is 10.3 Å². The van der Waals surface area contributed by atoms with Crippen molar-refractivity contribution in [1.29, 1.82) is 0 Å². The number of fused-ring (bicyclic) bond motifs is 2. The molecule has 2 aromatic carbocycles. The third-order valence-electron chi connectivity index (χ3n) is 8.17. The number of nitrogens with one attached hydrogen (secondary N) is 1. The highest BCUT2D eigenvalue weighted by molar-refractivity contribution is 5.97. The molecule has 46 heavy (non-hydrogen) atoms. The second-order valence-corrected chi connectivity index (χ2v) is 11.5. The molecule has 1 heterocycles. The van der Waals surface area contributed by atoms with Crippen LogP contribution in [0.25, 0.3) is 0 Å². The van der Waals surface area contributed by atoms with Gasteiger partial charge in [-0.15, -0.1) is 0 Å². The van der Waals surface area contributed by atoms with Gasteiger partial charge in [-0.3, -0.25) is 19.4 Å². The molecule has 1 aliphatic heterocycles. The number of methoxy groups -OCH3 is 1. The first-order valence-corrected chi connectivity index (χ1v) is 15.9. The number of carbonyl (C=O) groups is 3. The van der Waals surface area contributed by atoms with Gasteiger partial charge in [-0.1, -0.05) is 54.6 Å². The molecule has 0 aromatic heterocycles. The Hall–Kier alpha value is -4.51. The summed E-state index contributed by atoms with van der Waals surface area (Å²) in [4.78, 5) is 39.9. The summed E-state index contributed by atoms with van der Waals surface area (Å²) in [5, 5.41) is 24.1. The van der Waals surface area contributed by atoms with Crippen molar-refractivity contribution in [1.82, 2.24) is 10.3 Å². The Kier molecular flexibility index (Phi) is 12.5. The van der Waals surface area contributed by atoms with E-state index in [2.05, 4.69) is 41.6 Å². The zero-order valence-corrected chi connectivity index (χ0v) is 27.2. The van der Waals surface area contributed by atoms with Gasteiger partial charge in [-0.2, -0.15) is 5.11 Å². The topological polar surface area (TPSA) is 133 Å². The van der Waals surface area contributed by atoms with E-state index in [1.165, 1.54) is 20.1 Å². The van der Waals surface area contributed by atoms with E-state index in [4.69, 9.17) is 9.47 Å². The number of anilines is 1. The van der Waals surface area contributed by atoms with E-state index in [1.54, 1.807) is 4.90 Å². The lowest BCUT2D eigenvalue weighted by molar-refractivity contribution is -0.122. The number of allylic oxidation sites excluding steroid dienone is 2. The molecule has 2 atom stereocenters. The number of amides is 2. The van der Waals surface area contributed by atoms with Crippen molar-refractivity contribution in [2.45, 2.75) is 78.1 Å². The van der Waals surface area contributed by atoms with Crippen molar-refractivity contribution in [2.75, 3.05) is 31.7 Å². The zero-order chi connectivity index (χ0) is 33.1. The SMILES string of the molecule is CCCN1/N=N\Cc2ccccc2N(C(=O)CCNC(=O)CCCOC2CC(O)=C(C(C)=O)C=C2OC)Cc2ccccc2C1C. The molecule has 246 valence electrons. The molecular formula is C35H45N5O6. The minimum absolute atomic E-state index is 0.0169. The number of hydrogen-bond donors (Lipinski definition) is 2. The van der Waals surface area contributed by atoms with Gasteiger partial charge in [0.15, 0.2) is 5.78 Å². The van der Waals surface area contributed by atoms with Crippen LogP contribution in [0.5, 0.6) is 0 Å². The summed E-state index contributed by atoms with van der Waals surface area (Å²) >= 11 is 0. The minimum atomic E-state index is -0.531. The second kappa shape index (κ2) is 16.7. The molecule has 0 spiro atoms. The van der Waals surface area contributed by atoms with Crippen LogP contribution in [0, 0.1) is 0 Å². The predicted octanol–water partition coefficient (Wildman–Crippen LogP) is 5.88. The number of carbonyl (C=O) groups excluding carboxylic acids is 3. The molecule has 0 bridgehead atoms. The van der Waals surface area contributed by atoms with E-state index in [0.717, 1.165) is 35.3 Å². The smallest absolute Gasteiger partial charge is 0.229 e. The number of aliphatic hydroxyl groups excluding tert-OH is 1. The van der Waals surface area contributed by atoms with E-state index < -0.39 is 6.10 Å². The van der Waals surface area contributed by atoms with Crippen molar-refractivity contribution in [3.63, 3.8) is 0 Å². The molecule has 0 saturated carbocycles. The molecule has 0 radical (unpaired) electrons. The fraction of sp³-hybridized carbons (Fsp3) is 0.457. The fourth-order valence-electron chi connectivity index (χ4n) is 5.70. The Balaban J connectivity index is 1.35. The van der Waals surface area contributed by atoms with Crippen LogP contribution < -0.4 is 10.2 Å². The Bertz CT molecular complexity index is 1490. The quantitative estimate of drug-likeness (QED) is 0.280. The van der Waals surface area contributed by atoms with Crippen LogP contribution in [0.15, 0.2) is 82.0 Å². The molecule has 0 fully saturated rings. The van der Waals surface area contributed by atoms with E-state index in [-0.39, 0.29) is 67.4 Å². The number of aliphatic hydroxyl groups is 1. The van der Waals surface area contributed by atoms with Crippen molar-refractivity contribution >= 4 is 23.3 Å². The lowest BCUT2D eigenvalue weighted by Crippen LogP contribution is -2.35. The van der Waals surface area contributed by atoms with Crippen LogP contribution in [0.4, 0.5) is 5.69 Å². The molecule has 11 nitrogen and oxygen atoms in total. The van der Waals surface area contributed by atoms with E-state index >= 15 is 0 Å². The molecule has 4 rings (SSSR count). The highest BCUT2D eigenvalue weighted by atomic mass is 16.5. The lowest BCUT2D eigenvalue weighted by Gasteiger charge is -2.29. The Morgan fingerprint density at radius 2 is 1.80 bits per heavy atom. The number of rotatable bonds is 12. The minimum Gasteiger partial charge on any atom is -0.511 e. The van der Waals surface area contributed by atoms with Gasteiger partial charge in [0, 0.05) is 44.6 Å². The first kappa shape index (κ1) is 34.4. The second-order valence-electron chi connectivity index (χ2n) is 11.5. The number of nitrogens with zero attached hydrogens (tertiary/aromatic N) is 4. The summed E-state index contributed by atoms with van der Waals surface area (Å²) in [6.07, 6.45) is 2.81. The molecule has 2 N–H and O–H groups in total. The molecule has 1 aliphatic carbocycles. The number of hydrogen-bond acceptors (Lipinski definition) is 9. The van der Waals surface area contributed by atoms with Crippen LogP contribution in [-0.4, -0.2) is 60.6 Å². The number of ketones is 1. The maximum Gasteiger partial charge on any atom is 0.229 e. The van der Waals surface area contributed by atoms with E-state index in [1.807, 2.05) is 41.4 Å². The summed E-state index contributed by atoms with van der Waals surface area (Å²) in [6, 6.07) is 15.9. The zero-order valence-electron chi connectivity index (χ0n) is 27.2. The van der Waals surface area contributed by atoms with Gasteiger partial charge in [-0.25, -0.2) is 0 Å². The van der Waals surface area contributed by atoms with Gasteiger partial charge in [0.2, 0.25) is 11.8 Å². The first-order valence-electron chi connectivity index (χ1n) is 15.9. The number of Topliss-reactive ketones (excluding diaryl/α,β-unsaturated/α-hetero) is 1. The number of benzene rings is 2.